The Kier molecular flexibility index (Phi) is 5.86. The number of methoxy groups -OCH3 is 1. The molecule has 1 aliphatic rings. The average Bonchev–Trinajstić information content (AvgIpc) is 2.97. The number of rotatable bonds is 8. The predicted molar refractivity (Wildman–Crippen MR) is 95.9 cm³/mol. The Morgan fingerprint density at radius 3 is 2.75 bits per heavy atom. The van der Waals surface area contributed by atoms with Crippen LogP contribution in [0.1, 0.15) is 29.2 Å². The molecular formula is C20H26N2O2. The summed E-state index contributed by atoms with van der Waals surface area (Å²) in [5.74, 6) is 0.912. The maximum Gasteiger partial charge on any atom is 0.120 e. The van der Waals surface area contributed by atoms with Crippen molar-refractivity contribution in [3.8, 4) is 5.75 Å². The molecule has 0 aromatic heterocycles. The third kappa shape index (κ3) is 3.96. The highest BCUT2D eigenvalue weighted by Gasteiger charge is 2.28. The van der Waals surface area contributed by atoms with E-state index in [1.165, 1.54) is 16.7 Å². The first-order valence-electron chi connectivity index (χ1n) is 8.54. The summed E-state index contributed by atoms with van der Waals surface area (Å²) in [5, 5.41) is 0. The van der Waals surface area contributed by atoms with Crippen LogP contribution in [0, 0.1) is 0 Å². The lowest BCUT2D eigenvalue weighted by Crippen LogP contribution is -2.29. The van der Waals surface area contributed by atoms with Gasteiger partial charge in [0.15, 0.2) is 0 Å². The van der Waals surface area contributed by atoms with E-state index in [1.54, 1.807) is 7.11 Å². The summed E-state index contributed by atoms with van der Waals surface area (Å²) < 4.78 is 11.1. The number of ether oxygens (including phenoxy) is 2. The zero-order valence-corrected chi connectivity index (χ0v) is 14.3. The Hall–Kier alpha value is -1.88. The molecule has 0 bridgehead atoms. The fraction of sp³-hybridized carbons (Fsp3) is 0.400. The van der Waals surface area contributed by atoms with Crippen molar-refractivity contribution in [2.75, 3.05) is 26.8 Å². The summed E-state index contributed by atoms with van der Waals surface area (Å²) >= 11 is 0. The van der Waals surface area contributed by atoms with E-state index < -0.39 is 0 Å². The number of hydrogen-bond acceptors (Lipinski definition) is 4. The quantitative estimate of drug-likeness (QED) is 0.757. The van der Waals surface area contributed by atoms with Gasteiger partial charge in [-0.1, -0.05) is 36.4 Å². The lowest BCUT2D eigenvalue weighted by Gasteiger charge is -2.23. The van der Waals surface area contributed by atoms with Crippen LogP contribution in [0.2, 0.25) is 0 Å². The van der Waals surface area contributed by atoms with Crippen LogP contribution < -0.4 is 10.5 Å². The highest BCUT2D eigenvalue weighted by molar-refractivity contribution is 5.41. The van der Waals surface area contributed by atoms with Crippen LogP contribution >= 0.6 is 0 Å². The van der Waals surface area contributed by atoms with Crippen LogP contribution in [0.25, 0.3) is 0 Å². The molecule has 2 aromatic rings. The number of nitrogens with zero attached hydrogens (tertiary/aromatic N) is 1. The van der Waals surface area contributed by atoms with Crippen molar-refractivity contribution < 1.29 is 9.47 Å². The molecule has 2 aromatic carbocycles. The molecule has 0 saturated heterocycles. The van der Waals surface area contributed by atoms with E-state index in [4.69, 9.17) is 15.2 Å². The molecule has 0 radical (unpaired) electrons. The molecule has 2 N–H and O–H groups in total. The van der Waals surface area contributed by atoms with Gasteiger partial charge in [0.2, 0.25) is 0 Å². The number of nitrogens with two attached hydrogens (primary N) is 1. The first-order valence-corrected chi connectivity index (χ1v) is 8.54. The van der Waals surface area contributed by atoms with Gasteiger partial charge in [0.1, 0.15) is 12.4 Å². The van der Waals surface area contributed by atoms with Crippen LogP contribution in [0.15, 0.2) is 48.5 Å². The molecule has 24 heavy (non-hydrogen) atoms. The summed E-state index contributed by atoms with van der Waals surface area (Å²) in [5.41, 5.74) is 9.88. The van der Waals surface area contributed by atoms with Crippen molar-refractivity contribution in [1.29, 1.82) is 0 Å². The first-order chi connectivity index (χ1) is 11.8. The Bertz CT molecular complexity index is 645. The second kappa shape index (κ2) is 8.29. The van der Waals surface area contributed by atoms with E-state index in [2.05, 4.69) is 35.2 Å². The van der Waals surface area contributed by atoms with Crippen LogP contribution in [0.3, 0.4) is 0 Å². The molecule has 128 valence electrons. The molecule has 3 rings (SSSR count). The van der Waals surface area contributed by atoms with Gasteiger partial charge in [-0.05, 0) is 35.2 Å². The van der Waals surface area contributed by atoms with E-state index in [-0.39, 0.29) is 6.04 Å². The lowest BCUT2D eigenvalue weighted by molar-refractivity contribution is 0.156. The maximum atomic E-state index is 6.04. The minimum atomic E-state index is 0.275. The molecule has 1 unspecified atom stereocenters. The fourth-order valence-electron chi connectivity index (χ4n) is 3.31. The van der Waals surface area contributed by atoms with Gasteiger partial charge in [0, 0.05) is 39.4 Å². The summed E-state index contributed by atoms with van der Waals surface area (Å²) in [6.45, 7) is 3.96. The van der Waals surface area contributed by atoms with Crippen molar-refractivity contribution in [1.82, 2.24) is 4.90 Å². The van der Waals surface area contributed by atoms with E-state index in [9.17, 15) is 0 Å². The molecule has 0 fully saturated rings. The van der Waals surface area contributed by atoms with Crippen LogP contribution in [-0.2, 0) is 17.9 Å². The van der Waals surface area contributed by atoms with Crippen molar-refractivity contribution >= 4 is 0 Å². The third-order valence-corrected chi connectivity index (χ3v) is 4.56. The SMILES string of the molecule is COCCCN1Cc2ccc(OCc3ccccc3)cc2C1CN. The van der Waals surface area contributed by atoms with Gasteiger partial charge in [-0.15, -0.1) is 0 Å². The molecule has 4 heteroatoms. The van der Waals surface area contributed by atoms with Crippen molar-refractivity contribution in [3.05, 3.63) is 65.2 Å². The average molecular weight is 326 g/mol. The van der Waals surface area contributed by atoms with Crippen molar-refractivity contribution in [3.63, 3.8) is 0 Å². The Balaban J connectivity index is 1.66. The molecular weight excluding hydrogens is 300 g/mol. The third-order valence-electron chi connectivity index (χ3n) is 4.56. The second-order valence-corrected chi connectivity index (χ2v) is 6.20. The van der Waals surface area contributed by atoms with Crippen molar-refractivity contribution in [2.45, 2.75) is 25.6 Å². The predicted octanol–water partition coefficient (Wildman–Crippen LogP) is 3.12. The highest BCUT2D eigenvalue weighted by atomic mass is 16.5. The minimum Gasteiger partial charge on any atom is -0.489 e. The normalized spacial score (nSPS) is 17.0. The van der Waals surface area contributed by atoms with E-state index in [0.717, 1.165) is 31.9 Å². The Morgan fingerprint density at radius 2 is 2.00 bits per heavy atom. The van der Waals surface area contributed by atoms with E-state index in [1.807, 2.05) is 18.2 Å². The highest BCUT2D eigenvalue weighted by Crippen LogP contribution is 2.35. The van der Waals surface area contributed by atoms with Gasteiger partial charge in [-0.2, -0.15) is 0 Å². The fourth-order valence-corrected chi connectivity index (χ4v) is 3.31. The molecule has 1 aliphatic heterocycles. The van der Waals surface area contributed by atoms with Gasteiger partial charge in [0.05, 0.1) is 0 Å². The monoisotopic (exact) mass is 326 g/mol. The van der Waals surface area contributed by atoms with Gasteiger partial charge in [-0.3, -0.25) is 4.90 Å². The Morgan fingerprint density at radius 1 is 1.17 bits per heavy atom. The van der Waals surface area contributed by atoms with Crippen LogP contribution in [-0.4, -0.2) is 31.7 Å². The van der Waals surface area contributed by atoms with Gasteiger partial charge < -0.3 is 15.2 Å². The minimum absolute atomic E-state index is 0.275. The largest absolute Gasteiger partial charge is 0.489 e. The number of benzene rings is 2. The van der Waals surface area contributed by atoms with Gasteiger partial charge in [0.25, 0.3) is 0 Å². The first kappa shape index (κ1) is 17.0. The molecule has 0 amide bonds. The zero-order valence-electron chi connectivity index (χ0n) is 14.3. The van der Waals surface area contributed by atoms with E-state index in [0.29, 0.717) is 13.2 Å². The second-order valence-electron chi connectivity index (χ2n) is 6.20. The summed E-state index contributed by atoms with van der Waals surface area (Å²) in [4.78, 5) is 2.44. The van der Waals surface area contributed by atoms with Crippen LogP contribution in [0.4, 0.5) is 0 Å². The summed E-state index contributed by atoms with van der Waals surface area (Å²) in [6, 6.07) is 16.9. The molecule has 0 aliphatic carbocycles. The van der Waals surface area contributed by atoms with Gasteiger partial charge >= 0.3 is 0 Å². The molecule has 4 nitrogen and oxygen atoms in total. The van der Waals surface area contributed by atoms with E-state index >= 15 is 0 Å². The zero-order chi connectivity index (χ0) is 16.8. The number of fused-ring (bicyclic) bond motifs is 1. The topological polar surface area (TPSA) is 47.7 Å². The maximum absolute atomic E-state index is 6.04. The summed E-state index contributed by atoms with van der Waals surface area (Å²) in [6.07, 6.45) is 1.03. The lowest BCUT2D eigenvalue weighted by atomic mass is 10.0. The van der Waals surface area contributed by atoms with Crippen molar-refractivity contribution in [2.24, 2.45) is 5.73 Å². The standard InChI is InChI=1S/C20H26N2O2/c1-23-11-5-10-22-14-17-8-9-18(12-19(17)20(22)13-21)24-15-16-6-3-2-4-7-16/h2-4,6-9,12,20H,5,10-11,13-15,21H2,1H3. The van der Waals surface area contributed by atoms with Gasteiger partial charge in [-0.25, -0.2) is 0 Å². The number of hydrogen-bond donors (Lipinski definition) is 1. The smallest absolute Gasteiger partial charge is 0.120 e. The summed E-state index contributed by atoms with van der Waals surface area (Å²) in [7, 11) is 1.75. The molecule has 0 saturated carbocycles. The Labute approximate surface area is 144 Å². The van der Waals surface area contributed by atoms with Crippen LogP contribution in [0.5, 0.6) is 5.75 Å². The molecule has 1 heterocycles. The molecule has 1 atom stereocenters. The molecule has 0 spiro atoms.